The lowest BCUT2D eigenvalue weighted by Gasteiger charge is -2.13. The maximum absolute atomic E-state index is 13.6. The zero-order chi connectivity index (χ0) is 13.1. The van der Waals surface area contributed by atoms with Crippen molar-refractivity contribution in [3.63, 3.8) is 0 Å². The van der Waals surface area contributed by atoms with E-state index in [1.165, 1.54) is 5.56 Å². The molecule has 0 bridgehead atoms. The van der Waals surface area contributed by atoms with Crippen LogP contribution < -0.4 is 0 Å². The fourth-order valence-electron chi connectivity index (χ4n) is 2.27. The third kappa shape index (κ3) is 2.61. The van der Waals surface area contributed by atoms with Crippen molar-refractivity contribution in [3.05, 3.63) is 59.4 Å². The Morgan fingerprint density at radius 1 is 1.06 bits per heavy atom. The molecular weight excluding hydrogens is 223 g/mol. The molecule has 0 unspecified atom stereocenters. The van der Waals surface area contributed by atoms with Crippen molar-refractivity contribution >= 4 is 0 Å². The summed E-state index contributed by atoms with van der Waals surface area (Å²) in [6.07, 6.45) is 0.856. The summed E-state index contributed by atoms with van der Waals surface area (Å²) in [6, 6.07) is 13.6. The lowest BCUT2D eigenvalue weighted by molar-refractivity contribution is 0.626. The van der Waals surface area contributed by atoms with Crippen molar-refractivity contribution in [2.24, 2.45) is 0 Å². The minimum atomic E-state index is -0.150. The number of hydrogen-bond acceptors (Lipinski definition) is 0. The van der Waals surface area contributed by atoms with E-state index in [0.717, 1.165) is 23.1 Å². The fraction of sp³-hybridized carbons (Fsp3) is 0.294. The summed E-state index contributed by atoms with van der Waals surface area (Å²) in [5.74, 6) is 0.289. The molecule has 2 aromatic carbocycles. The summed E-state index contributed by atoms with van der Waals surface area (Å²) in [5.41, 5.74) is 4.44. The highest BCUT2D eigenvalue weighted by Gasteiger charge is 2.09. The molecule has 18 heavy (non-hydrogen) atoms. The van der Waals surface area contributed by atoms with E-state index in [2.05, 4.69) is 32.0 Å². The quantitative estimate of drug-likeness (QED) is 0.695. The molecule has 0 fully saturated rings. The lowest BCUT2D eigenvalue weighted by Crippen LogP contribution is -1.93. The topological polar surface area (TPSA) is 0 Å². The SMILES string of the molecule is CCc1cc(F)cc(-c2ccccc2C(C)C)c1. The average molecular weight is 242 g/mol. The molecule has 0 aromatic heterocycles. The third-order valence-corrected chi connectivity index (χ3v) is 3.26. The van der Waals surface area contributed by atoms with Crippen molar-refractivity contribution in [2.75, 3.05) is 0 Å². The van der Waals surface area contributed by atoms with Crippen molar-refractivity contribution in [2.45, 2.75) is 33.1 Å². The van der Waals surface area contributed by atoms with Gasteiger partial charge in [0.2, 0.25) is 0 Å². The molecule has 0 heterocycles. The Hall–Kier alpha value is -1.63. The summed E-state index contributed by atoms with van der Waals surface area (Å²) in [7, 11) is 0. The van der Waals surface area contributed by atoms with Crippen LogP contribution >= 0.6 is 0 Å². The van der Waals surface area contributed by atoms with Gasteiger partial charge in [-0.05, 0) is 46.7 Å². The first-order valence-corrected chi connectivity index (χ1v) is 6.50. The Labute approximate surface area is 108 Å². The van der Waals surface area contributed by atoms with Crippen LogP contribution in [0.2, 0.25) is 0 Å². The van der Waals surface area contributed by atoms with Crippen LogP contribution in [0.15, 0.2) is 42.5 Å². The number of rotatable bonds is 3. The first-order chi connectivity index (χ1) is 8.61. The Kier molecular flexibility index (Phi) is 3.81. The van der Waals surface area contributed by atoms with Crippen LogP contribution in [0.4, 0.5) is 4.39 Å². The van der Waals surface area contributed by atoms with Crippen LogP contribution in [0.25, 0.3) is 11.1 Å². The molecule has 0 atom stereocenters. The summed E-state index contributed by atoms with van der Waals surface area (Å²) in [5, 5.41) is 0. The molecule has 0 aliphatic heterocycles. The van der Waals surface area contributed by atoms with Crippen LogP contribution in [-0.2, 0) is 6.42 Å². The van der Waals surface area contributed by atoms with Gasteiger partial charge >= 0.3 is 0 Å². The standard InChI is InChI=1S/C17H19F/c1-4-13-9-14(11-15(18)10-13)17-8-6-5-7-16(17)12(2)3/h5-12H,4H2,1-3H3. The van der Waals surface area contributed by atoms with Crippen LogP contribution in [0, 0.1) is 5.82 Å². The highest BCUT2D eigenvalue weighted by molar-refractivity contribution is 5.68. The summed E-state index contributed by atoms with van der Waals surface area (Å²) in [4.78, 5) is 0. The monoisotopic (exact) mass is 242 g/mol. The van der Waals surface area contributed by atoms with Gasteiger partial charge in [0, 0.05) is 0 Å². The van der Waals surface area contributed by atoms with Crippen LogP contribution in [-0.4, -0.2) is 0 Å². The van der Waals surface area contributed by atoms with Gasteiger partial charge in [-0.1, -0.05) is 51.1 Å². The molecular formula is C17H19F. The van der Waals surface area contributed by atoms with E-state index in [1.807, 2.05) is 19.1 Å². The number of hydrogen-bond donors (Lipinski definition) is 0. The van der Waals surface area contributed by atoms with Gasteiger partial charge in [0.05, 0.1) is 0 Å². The van der Waals surface area contributed by atoms with Gasteiger partial charge in [-0.25, -0.2) is 4.39 Å². The van der Waals surface area contributed by atoms with E-state index in [0.29, 0.717) is 5.92 Å². The first-order valence-electron chi connectivity index (χ1n) is 6.50. The maximum Gasteiger partial charge on any atom is 0.124 e. The minimum Gasteiger partial charge on any atom is -0.207 e. The Balaban J connectivity index is 2.58. The minimum absolute atomic E-state index is 0.150. The van der Waals surface area contributed by atoms with Gasteiger partial charge in [-0.15, -0.1) is 0 Å². The molecule has 0 radical (unpaired) electrons. The molecule has 0 amide bonds. The van der Waals surface area contributed by atoms with Crippen molar-refractivity contribution < 1.29 is 4.39 Å². The van der Waals surface area contributed by atoms with E-state index >= 15 is 0 Å². The smallest absolute Gasteiger partial charge is 0.124 e. The van der Waals surface area contributed by atoms with E-state index in [4.69, 9.17) is 0 Å². The summed E-state index contributed by atoms with van der Waals surface area (Å²) >= 11 is 0. The summed E-state index contributed by atoms with van der Waals surface area (Å²) in [6.45, 7) is 6.38. The molecule has 0 N–H and O–H groups in total. The van der Waals surface area contributed by atoms with Crippen molar-refractivity contribution in [1.29, 1.82) is 0 Å². The Morgan fingerprint density at radius 2 is 1.78 bits per heavy atom. The molecule has 2 rings (SSSR count). The molecule has 0 aliphatic carbocycles. The number of benzene rings is 2. The molecule has 0 spiro atoms. The molecule has 0 saturated heterocycles. The molecule has 1 heteroatoms. The Bertz CT molecular complexity index is 541. The number of aryl methyl sites for hydroxylation is 1. The Morgan fingerprint density at radius 3 is 2.44 bits per heavy atom. The normalized spacial score (nSPS) is 10.9. The van der Waals surface area contributed by atoms with E-state index in [9.17, 15) is 4.39 Å². The summed E-state index contributed by atoms with van der Waals surface area (Å²) < 4.78 is 13.6. The van der Waals surface area contributed by atoms with Gasteiger partial charge in [-0.2, -0.15) is 0 Å². The first kappa shape index (κ1) is 12.8. The van der Waals surface area contributed by atoms with Crippen LogP contribution in [0.3, 0.4) is 0 Å². The third-order valence-electron chi connectivity index (χ3n) is 3.26. The highest BCUT2D eigenvalue weighted by atomic mass is 19.1. The molecule has 2 aromatic rings. The number of halogens is 1. The largest absolute Gasteiger partial charge is 0.207 e. The lowest BCUT2D eigenvalue weighted by atomic mass is 9.91. The zero-order valence-corrected chi connectivity index (χ0v) is 11.2. The highest BCUT2D eigenvalue weighted by Crippen LogP contribution is 2.30. The second-order valence-electron chi connectivity index (χ2n) is 4.94. The molecule has 94 valence electrons. The van der Waals surface area contributed by atoms with Gasteiger partial charge in [0.25, 0.3) is 0 Å². The van der Waals surface area contributed by atoms with Gasteiger partial charge in [0.15, 0.2) is 0 Å². The maximum atomic E-state index is 13.6. The van der Waals surface area contributed by atoms with E-state index in [1.54, 1.807) is 12.1 Å². The van der Waals surface area contributed by atoms with Gasteiger partial charge in [0.1, 0.15) is 5.82 Å². The second-order valence-corrected chi connectivity index (χ2v) is 4.94. The van der Waals surface area contributed by atoms with Gasteiger partial charge < -0.3 is 0 Å². The van der Waals surface area contributed by atoms with Crippen LogP contribution in [0.5, 0.6) is 0 Å². The van der Waals surface area contributed by atoms with E-state index < -0.39 is 0 Å². The van der Waals surface area contributed by atoms with E-state index in [-0.39, 0.29) is 5.82 Å². The molecule has 0 nitrogen and oxygen atoms in total. The van der Waals surface area contributed by atoms with Crippen LogP contribution in [0.1, 0.15) is 37.8 Å². The second kappa shape index (κ2) is 5.34. The average Bonchev–Trinajstić information content (AvgIpc) is 2.38. The predicted molar refractivity (Wildman–Crippen MR) is 75.3 cm³/mol. The molecule has 0 saturated carbocycles. The zero-order valence-electron chi connectivity index (χ0n) is 11.2. The van der Waals surface area contributed by atoms with Gasteiger partial charge in [-0.3, -0.25) is 0 Å². The van der Waals surface area contributed by atoms with Crippen molar-refractivity contribution in [3.8, 4) is 11.1 Å². The van der Waals surface area contributed by atoms with Crippen molar-refractivity contribution in [1.82, 2.24) is 0 Å². The fourth-order valence-corrected chi connectivity index (χ4v) is 2.27. The molecule has 0 aliphatic rings. The predicted octanol–water partition coefficient (Wildman–Crippen LogP) is 5.18.